The topological polar surface area (TPSA) is 50.7 Å². The molecule has 0 aliphatic rings. The summed E-state index contributed by atoms with van der Waals surface area (Å²) in [5.41, 5.74) is 6.48. The molecule has 0 heterocycles. The second-order valence-electron chi connectivity index (χ2n) is 1.86. The molecular formula is C7H13N3. The zero-order valence-corrected chi connectivity index (χ0v) is 6.63. The Labute approximate surface area is 61.4 Å². The Morgan fingerprint density at radius 2 is 2.10 bits per heavy atom. The van der Waals surface area contributed by atoms with Gasteiger partial charge in [-0.05, 0) is 19.4 Å². The smallest absolute Gasteiger partial charge is 0.127 e. The van der Waals surface area contributed by atoms with Gasteiger partial charge in [0.05, 0.1) is 0 Å². The molecule has 0 aromatic heterocycles. The Bertz CT molecular complexity index is 177. The molecule has 0 aliphatic heterocycles. The van der Waals surface area contributed by atoms with Crippen LogP contribution in [0.25, 0.3) is 0 Å². The van der Waals surface area contributed by atoms with Gasteiger partial charge in [0, 0.05) is 7.05 Å². The quantitative estimate of drug-likeness (QED) is 0.449. The number of nitrogens with zero attached hydrogens (tertiary/aromatic N) is 2. The highest BCUT2D eigenvalue weighted by Gasteiger charge is 1.89. The van der Waals surface area contributed by atoms with Gasteiger partial charge in [-0.25, -0.2) is 4.99 Å². The molecule has 0 saturated heterocycles. The SMILES string of the molecule is C/C=C(/C)C(N)=NC=NC. The summed E-state index contributed by atoms with van der Waals surface area (Å²) in [4.78, 5) is 7.52. The van der Waals surface area contributed by atoms with E-state index in [0.717, 1.165) is 5.57 Å². The Hall–Kier alpha value is -1.12. The molecule has 0 fully saturated rings. The molecule has 3 nitrogen and oxygen atoms in total. The van der Waals surface area contributed by atoms with Crippen LogP contribution in [0.1, 0.15) is 13.8 Å². The molecule has 0 atom stereocenters. The monoisotopic (exact) mass is 139 g/mol. The summed E-state index contributed by atoms with van der Waals surface area (Å²) in [6, 6.07) is 0. The van der Waals surface area contributed by atoms with E-state index >= 15 is 0 Å². The number of nitrogens with two attached hydrogens (primary N) is 1. The Morgan fingerprint density at radius 1 is 1.50 bits per heavy atom. The van der Waals surface area contributed by atoms with Crippen molar-refractivity contribution in [2.45, 2.75) is 13.8 Å². The highest BCUT2D eigenvalue weighted by atomic mass is 14.9. The summed E-state index contributed by atoms with van der Waals surface area (Å²) < 4.78 is 0. The summed E-state index contributed by atoms with van der Waals surface area (Å²) in [6.07, 6.45) is 3.34. The van der Waals surface area contributed by atoms with E-state index in [9.17, 15) is 0 Å². The first-order valence-corrected chi connectivity index (χ1v) is 3.09. The fourth-order valence-corrected chi connectivity index (χ4v) is 0.370. The lowest BCUT2D eigenvalue weighted by molar-refractivity contribution is 1.41. The normalized spacial score (nSPS) is 14.7. The van der Waals surface area contributed by atoms with Crippen molar-refractivity contribution in [2.24, 2.45) is 15.7 Å². The van der Waals surface area contributed by atoms with Gasteiger partial charge in [-0.3, -0.25) is 4.99 Å². The van der Waals surface area contributed by atoms with Crippen molar-refractivity contribution in [3.05, 3.63) is 11.6 Å². The maximum atomic E-state index is 5.50. The summed E-state index contributed by atoms with van der Waals surface area (Å²) >= 11 is 0. The van der Waals surface area contributed by atoms with Crippen molar-refractivity contribution in [1.82, 2.24) is 0 Å². The molecule has 0 radical (unpaired) electrons. The largest absolute Gasteiger partial charge is 0.383 e. The first kappa shape index (κ1) is 8.88. The third kappa shape index (κ3) is 3.02. The van der Waals surface area contributed by atoms with Gasteiger partial charge in [-0.15, -0.1) is 0 Å². The predicted molar refractivity (Wildman–Crippen MR) is 45.5 cm³/mol. The van der Waals surface area contributed by atoms with Gasteiger partial charge in [-0.2, -0.15) is 0 Å². The van der Waals surface area contributed by atoms with Gasteiger partial charge in [0.15, 0.2) is 0 Å². The molecule has 0 saturated carbocycles. The standard InChI is InChI=1S/C7H13N3/c1-4-6(2)7(8)10-5-9-3/h4-5H,1-3H3,(H2,8,9,10)/b6-4-. The summed E-state index contributed by atoms with van der Waals surface area (Å²) in [6.45, 7) is 3.82. The fourth-order valence-electron chi connectivity index (χ4n) is 0.370. The summed E-state index contributed by atoms with van der Waals surface area (Å²) in [5, 5.41) is 0. The van der Waals surface area contributed by atoms with E-state index in [1.165, 1.54) is 6.34 Å². The van der Waals surface area contributed by atoms with Gasteiger partial charge in [0.1, 0.15) is 12.2 Å². The first-order valence-electron chi connectivity index (χ1n) is 3.09. The maximum Gasteiger partial charge on any atom is 0.127 e. The Balaban J connectivity index is 4.19. The molecule has 0 rings (SSSR count). The van der Waals surface area contributed by atoms with Crippen LogP contribution in [0.4, 0.5) is 0 Å². The third-order valence-electron chi connectivity index (χ3n) is 1.15. The van der Waals surface area contributed by atoms with Crippen molar-refractivity contribution in [3.63, 3.8) is 0 Å². The van der Waals surface area contributed by atoms with Crippen LogP contribution in [0.15, 0.2) is 21.6 Å². The molecule has 2 N–H and O–H groups in total. The van der Waals surface area contributed by atoms with Crippen LogP contribution in [0, 0.1) is 0 Å². The molecule has 10 heavy (non-hydrogen) atoms. The van der Waals surface area contributed by atoms with Crippen molar-refractivity contribution < 1.29 is 0 Å². The molecule has 3 heteroatoms. The van der Waals surface area contributed by atoms with E-state index in [1.807, 2.05) is 19.9 Å². The number of rotatable bonds is 2. The zero-order valence-electron chi connectivity index (χ0n) is 6.63. The van der Waals surface area contributed by atoms with Crippen LogP contribution in [0.2, 0.25) is 0 Å². The number of amidine groups is 1. The minimum Gasteiger partial charge on any atom is -0.383 e. The second-order valence-corrected chi connectivity index (χ2v) is 1.86. The zero-order chi connectivity index (χ0) is 7.98. The first-order chi connectivity index (χ1) is 4.72. The molecule has 0 aliphatic carbocycles. The van der Waals surface area contributed by atoms with Crippen LogP contribution < -0.4 is 5.73 Å². The van der Waals surface area contributed by atoms with E-state index in [-0.39, 0.29) is 0 Å². The molecule has 0 spiro atoms. The summed E-state index contributed by atoms with van der Waals surface area (Å²) in [5.74, 6) is 0.521. The van der Waals surface area contributed by atoms with Gasteiger partial charge in [-0.1, -0.05) is 6.08 Å². The van der Waals surface area contributed by atoms with Gasteiger partial charge < -0.3 is 5.73 Å². The number of hydrogen-bond donors (Lipinski definition) is 1. The molecule has 0 aromatic carbocycles. The van der Waals surface area contributed by atoms with Crippen LogP contribution in [-0.2, 0) is 0 Å². The van der Waals surface area contributed by atoms with E-state index in [1.54, 1.807) is 7.05 Å². The minimum atomic E-state index is 0.521. The number of aliphatic imine (C=N–C) groups is 2. The minimum absolute atomic E-state index is 0.521. The van der Waals surface area contributed by atoms with E-state index < -0.39 is 0 Å². The van der Waals surface area contributed by atoms with Crippen molar-refractivity contribution in [3.8, 4) is 0 Å². The molecule has 0 bridgehead atoms. The second kappa shape index (κ2) is 4.73. The average molecular weight is 139 g/mol. The fraction of sp³-hybridized carbons (Fsp3) is 0.429. The number of allylic oxidation sites excluding steroid dienone is 1. The lowest BCUT2D eigenvalue weighted by Crippen LogP contribution is -2.12. The highest BCUT2D eigenvalue weighted by molar-refractivity contribution is 6.00. The number of hydrogen-bond acceptors (Lipinski definition) is 1. The molecule has 0 aromatic rings. The van der Waals surface area contributed by atoms with Crippen molar-refractivity contribution in [2.75, 3.05) is 7.05 Å². The van der Waals surface area contributed by atoms with Crippen molar-refractivity contribution in [1.29, 1.82) is 0 Å². The predicted octanol–water partition coefficient (Wildman–Crippen LogP) is 0.968. The van der Waals surface area contributed by atoms with Crippen LogP contribution in [0.5, 0.6) is 0 Å². The maximum absolute atomic E-state index is 5.50. The van der Waals surface area contributed by atoms with E-state index in [0.29, 0.717) is 5.84 Å². The van der Waals surface area contributed by atoms with Crippen molar-refractivity contribution >= 4 is 12.2 Å². The van der Waals surface area contributed by atoms with E-state index in [4.69, 9.17) is 5.73 Å². The van der Waals surface area contributed by atoms with Gasteiger partial charge >= 0.3 is 0 Å². The average Bonchev–Trinajstić information content (AvgIpc) is 1.98. The van der Waals surface area contributed by atoms with Gasteiger partial charge in [0.25, 0.3) is 0 Å². The Morgan fingerprint density at radius 3 is 2.50 bits per heavy atom. The molecule has 0 amide bonds. The van der Waals surface area contributed by atoms with Crippen LogP contribution >= 0.6 is 0 Å². The van der Waals surface area contributed by atoms with Gasteiger partial charge in [0.2, 0.25) is 0 Å². The lowest BCUT2D eigenvalue weighted by atomic mass is 10.3. The highest BCUT2D eigenvalue weighted by Crippen LogP contribution is 1.89. The Kier molecular flexibility index (Phi) is 4.20. The molecule has 0 unspecified atom stereocenters. The third-order valence-corrected chi connectivity index (χ3v) is 1.15. The molecular weight excluding hydrogens is 126 g/mol. The van der Waals surface area contributed by atoms with Crippen LogP contribution in [-0.4, -0.2) is 19.2 Å². The lowest BCUT2D eigenvalue weighted by Gasteiger charge is -1.94. The van der Waals surface area contributed by atoms with Crippen LogP contribution in [0.3, 0.4) is 0 Å². The molecule has 56 valence electrons. The van der Waals surface area contributed by atoms with E-state index in [2.05, 4.69) is 9.98 Å². The summed E-state index contributed by atoms with van der Waals surface area (Å²) in [7, 11) is 1.65.